The molecule has 2 heterocycles. The van der Waals surface area contributed by atoms with Crippen LogP contribution in [-0.4, -0.2) is 6.54 Å². The molecule has 0 bridgehead atoms. The molecule has 2 aromatic heterocycles. The molecule has 0 spiro atoms. The maximum Gasteiger partial charge on any atom is 0.0701 e. The van der Waals surface area contributed by atoms with Crippen molar-refractivity contribution in [3.05, 3.63) is 42.7 Å². The summed E-state index contributed by atoms with van der Waals surface area (Å²) in [7, 11) is 0. The molecule has 2 aromatic rings. The number of aryl methyl sites for hydroxylation is 1. The zero-order valence-corrected chi connectivity index (χ0v) is 13.3. The molecule has 0 radical (unpaired) electrons. The Morgan fingerprint density at radius 1 is 1.33 bits per heavy atom. The minimum Gasteiger partial charge on any atom is -0.310 e. The van der Waals surface area contributed by atoms with Crippen LogP contribution in [0.5, 0.6) is 0 Å². The van der Waals surface area contributed by atoms with Crippen molar-refractivity contribution in [1.29, 1.82) is 0 Å². The lowest BCUT2D eigenvalue weighted by Crippen LogP contribution is -2.26. The van der Waals surface area contributed by atoms with Crippen LogP contribution >= 0.6 is 38.6 Å². The van der Waals surface area contributed by atoms with E-state index in [-0.39, 0.29) is 0 Å². The van der Waals surface area contributed by atoms with Gasteiger partial charge in [-0.25, -0.2) is 0 Å². The second kappa shape index (κ2) is 5.87. The Bertz CT molecular complexity index is 517. The Kier molecular flexibility index (Phi) is 4.19. The van der Waals surface area contributed by atoms with E-state index in [9.17, 15) is 0 Å². The van der Waals surface area contributed by atoms with Gasteiger partial charge in [-0.05, 0) is 70.8 Å². The van der Waals surface area contributed by atoms with Crippen molar-refractivity contribution >= 4 is 38.6 Å². The molecule has 1 N–H and O–H groups in total. The normalized spacial score (nSPS) is 18.8. The van der Waals surface area contributed by atoms with E-state index in [4.69, 9.17) is 0 Å². The smallest absolute Gasteiger partial charge is 0.0701 e. The molecule has 0 aliphatic heterocycles. The van der Waals surface area contributed by atoms with Crippen LogP contribution in [-0.2, 0) is 12.8 Å². The number of halogens is 1. The molecular weight excluding hydrogens is 326 g/mol. The molecule has 4 heteroatoms. The Morgan fingerprint density at radius 3 is 3.11 bits per heavy atom. The van der Waals surface area contributed by atoms with Gasteiger partial charge in [-0.3, -0.25) is 0 Å². The van der Waals surface area contributed by atoms with Gasteiger partial charge in [0.2, 0.25) is 0 Å². The van der Waals surface area contributed by atoms with Crippen LogP contribution in [0.25, 0.3) is 0 Å². The molecular formula is C14H16BrNS2. The third kappa shape index (κ3) is 2.87. The quantitative estimate of drug-likeness (QED) is 0.843. The second-order valence-corrected chi connectivity index (χ2v) is 8.20. The fraction of sp³-hybridized carbons (Fsp3) is 0.429. The highest BCUT2D eigenvalue weighted by molar-refractivity contribution is 9.11. The molecule has 0 amide bonds. The molecule has 1 aliphatic rings. The van der Waals surface area contributed by atoms with Crippen molar-refractivity contribution in [3.8, 4) is 0 Å². The summed E-state index contributed by atoms with van der Waals surface area (Å²) in [4.78, 5) is 3.05. The summed E-state index contributed by atoms with van der Waals surface area (Å²) in [5.41, 5.74) is 1.55. The number of hydrogen-bond donors (Lipinski definition) is 1. The summed E-state index contributed by atoms with van der Waals surface area (Å²) in [6.45, 7) is 1.08. The SMILES string of the molecule is Brc1ccc(CCNC2CCCc3sccc32)s1. The Morgan fingerprint density at radius 2 is 2.28 bits per heavy atom. The Balaban J connectivity index is 1.55. The average molecular weight is 342 g/mol. The lowest BCUT2D eigenvalue weighted by Gasteiger charge is -2.23. The summed E-state index contributed by atoms with van der Waals surface area (Å²) < 4.78 is 1.23. The molecule has 0 fully saturated rings. The largest absolute Gasteiger partial charge is 0.310 e. The van der Waals surface area contributed by atoms with Crippen LogP contribution in [0.3, 0.4) is 0 Å². The fourth-order valence-electron chi connectivity index (χ4n) is 2.55. The van der Waals surface area contributed by atoms with Crippen molar-refractivity contribution in [3.63, 3.8) is 0 Å². The second-order valence-electron chi connectivity index (χ2n) is 4.65. The summed E-state index contributed by atoms with van der Waals surface area (Å²) in [5.74, 6) is 0. The Labute approximate surface area is 124 Å². The lowest BCUT2D eigenvalue weighted by atomic mass is 9.94. The van der Waals surface area contributed by atoms with E-state index in [0.717, 1.165) is 13.0 Å². The van der Waals surface area contributed by atoms with Gasteiger partial charge in [0.15, 0.2) is 0 Å². The summed E-state index contributed by atoms with van der Waals surface area (Å²) >= 11 is 7.27. The molecule has 96 valence electrons. The highest BCUT2D eigenvalue weighted by atomic mass is 79.9. The van der Waals surface area contributed by atoms with Crippen LogP contribution in [0.15, 0.2) is 27.4 Å². The third-order valence-electron chi connectivity index (χ3n) is 3.44. The van der Waals surface area contributed by atoms with Gasteiger partial charge in [-0.1, -0.05) is 0 Å². The first-order chi connectivity index (χ1) is 8.83. The van der Waals surface area contributed by atoms with Crippen LogP contribution in [0.4, 0.5) is 0 Å². The maximum absolute atomic E-state index is 3.72. The number of hydrogen-bond acceptors (Lipinski definition) is 3. The van der Waals surface area contributed by atoms with Gasteiger partial charge in [0.25, 0.3) is 0 Å². The van der Waals surface area contributed by atoms with Crippen molar-refractivity contribution in [2.45, 2.75) is 31.7 Å². The van der Waals surface area contributed by atoms with Crippen LogP contribution in [0.1, 0.15) is 34.2 Å². The predicted molar refractivity (Wildman–Crippen MR) is 83.7 cm³/mol. The molecule has 0 saturated carbocycles. The average Bonchev–Trinajstić information content (AvgIpc) is 2.98. The van der Waals surface area contributed by atoms with Crippen LogP contribution in [0.2, 0.25) is 0 Å². The summed E-state index contributed by atoms with van der Waals surface area (Å²) in [6.07, 6.45) is 5.03. The summed E-state index contributed by atoms with van der Waals surface area (Å²) in [6, 6.07) is 7.24. The van der Waals surface area contributed by atoms with E-state index >= 15 is 0 Å². The minimum absolute atomic E-state index is 0.586. The zero-order chi connectivity index (χ0) is 12.4. The van der Waals surface area contributed by atoms with Crippen molar-refractivity contribution in [2.24, 2.45) is 0 Å². The fourth-order valence-corrected chi connectivity index (χ4v) is 5.02. The zero-order valence-electron chi connectivity index (χ0n) is 10.1. The minimum atomic E-state index is 0.586. The monoisotopic (exact) mass is 341 g/mol. The number of fused-ring (bicyclic) bond motifs is 1. The van der Waals surface area contributed by atoms with Gasteiger partial charge >= 0.3 is 0 Å². The third-order valence-corrected chi connectivity index (χ3v) is 6.12. The number of thiophene rings is 2. The van der Waals surface area contributed by atoms with E-state index in [1.807, 2.05) is 22.7 Å². The maximum atomic E-state index is 3.72. The molecule has 18 heavy (non-hydrogen) atoms. The van der Waals surface area contributed by atoms with Gasteiger partial charge in [-0.2, -0.15) is 0 Å². The molecule has 1 atom stereocenters. The van der Waals surface area contributed by atoms with Crippen LogP contribution in [0, 0.1) is 0 Å². The predicted octanol–water partition coefficient (Wildman–Crippen LogP) is 4.78. The standard InChI is InChI=1S/C14H16BrNS2/c15-14-5-4-10(18-14)6-8-16-12-2-1-3-13-11(12)7-9-17-13/h4-5,7,9,12,16H,1-3,6,8H2. The van der Waals surface area contributed by atoms with Crippen molar-refractivity contribution in [1.82, 2.24) is 5.32 Å². The molecule has 0 saturated heterocycles. The number of nitrogens with one attached hydrogen (secondary N) is 1. The van der Waals surface area contributed by atoms with Crippen LogP contribution < -0.4 is 5.32 Å². The van der Waals surface area contributed by atoms with Gasteiger partial charge < -0.3 is 5.32 Å². The van der Waals surface area contributed by atoms with E-state index in [2.05, 4.69) is 44.8 Å². The molecule has 1 aliphatic carbocycles. The van der Waals surface area contributed by atoms with Crippen molar-refractivity contribution < 1.29 is 0 Å². The first kappa shape index (κ1) is 12.9. The first-order valence-corrected chi connectivity index (χ1v) is 8.86. The summed E-state index contributed by atoms with van der Waals surface area (Å²) in [5, 5.41) is 5.96. The molecule has 0 aromatic carbocycles. The van der Waals surface area contributed by atoms with Gasteiger partial charge in [-0.15, -0.1) is 22.7 Å². The van der Waals surface area contributed by atoms with Gasteiger partial charge in [0.05, 0.1) is 3.79 Å². The van der Waals surface area contributed by atoms with Crippen molar-refractivity contribution in [2.75, 3.05) is 6.54 Å². The lowest BCUT2D eigenvalue weighted by molar-refractivity contribution is 0.467. The highest BCUT2D eigenvalue weighted by Gasteiger charge is 2.20. The molecule has 1 nitrogen and oxygen atoms in total. The molecule has 3 rings (SSSR count). The molecule has 1 unspecified atom stereocenters. The van der Waals surface area contributed by atoms with E-state index in [1.54, 1.807) is 10.4 Å². The van der Waals surface area contributed by atoms with Gasteiger partial charge in [0, 0.05) is 22.3 Å². The first-order valence-electron chi connectivity index (χ1n) is 6.37. The number of rotatable bonds is 4. The topological polar surface area (TPSA) is 12.0 Å². The van der Waals surface area contributed by atoms with E-state index in [0.29, 0.717) is 6.04 Å². The van der Waals surface area contributed by atoms with E-state index in [1.165, 1.54) is 27.9 Å². The van der Waals surface area contributed by atoms with E-state index < -0.39 is 0 Å². The van der Waals surface area contributed by atoms with Gasteiger partial charge in [0.1, 0.15) is 0 Å². The Hall–Kier alpha value is -0.160. The highest BCUT2D eigenvalue weighted by Crippen LogP contribution is 2.33.